The van der Waals surface area contributed by atoms with Crippen LogP contribution in [-0.2, 0) is 4.79 Å². The molecule has 0 aromatic heterocycles. The van der Waals surface area contributed by atoms with Gasteiger partial charge < -0.3 is 15.5 Å². The maximum absolute atomic E-state index is 12.4. The Morgan fingerprint density at radius 2 is 1.68 bits per heavy atom. The van der Waals surface area contributed by atoms with Crippen molar-refractivity contribution in [2.24, 2.45) is 5.92 Å². The Bertz CT molecular complexity index is 781. The Labute approximate surface area is 167 Å². The van der Waals surface area contributed by atoms with Crippen LogP contribution in [0.3, 0.4) is 0 Å². The Morgan fingerprint density at radius 3 is 2.32 bits per heavy atom. The van der Waals surface area contributed by atoms with Crippen molar-refractivity contribution in [3.05, 3.63) is 65.7 Å². The van der Waals surface area contributed by atoms with E-state index in [-0.39, 0.29) is 24.4 Å². The summed E-state index contributed by atoms with van der Waals surface area (Å²) in [5.41, 5.74) is 2.51. The largest absolute Gasteiger partial charge is 0.376 e. The van der Waals surface area contributed by atoms with Gasteiger partial charge >= 0.3 is 0 Å². The molecule has 1 saturated heterocycles. The number of hydrogen-bond donors (Lipinski definition) is 2. The minimum absolute atomic E-state index is 0.0589. The van der Waals surface area contributed by atoms with Crippen molar-refractivity contribution in [1.82, 2.24) is 10.2 Å². The van der Waals surface area contributed by atoms with Crippen molar-refractivity contribution < 1.29 is 9.59 Å². The summed E-state index contributed by atoms with van der Waals surface area (Å²) in [6, 6.07) is 17.1. The molecule has 1 aliphatic heterocycles. The molecule has 2 amide bonds. The van der Waals surface area contributed by atoms with Gasteiger partial charge in [0.25, 0.3) is 5.91 Å². The monoisotopic (exact) mass is 379 g/mol. The van der Waals surface area contributed by atoms with Gasteiger partial charge in [-0.2, -0.15) is 0 Å². The van der Waals surface area contributed by atoms with E-state index in [1.807, 2.05) is 54.3 Å². The molecular formula is C23H29N3O2. The van der Waals surface area contributed by atoms with Crippen molar-refractivity contribution in [2.45, 2.75) is 32.7 Å². The van der Waals surface area contributed by atoms with E-state index in [1.165, 1.54) is 0 Å². The highest BCUT2D eigenvalue weighted by atomic mass is 16.2. The van der Waals surface area contributed by atoms with Crippen LogP contribution in [-0.4, -0.2) is 36.3 Å². The molecule has 2 N–H and O–H groups in total. The number of carbonyl (C=O) groups is 2. The van der Waals surface area contributed by atoms with Crippen molar-refractivity contribution in [1.29, 1.82) is 0 Å². The van der Waals surface area contributed by atoms with Gasteiger partial charge in [-0.3, -0.25) is 9.59 Å². The van der Waals surface area contributed by atoms with Gasteiger partial charge in [0, 0.05) is 24.3 Å². The molecule has 1 unspecified atom stereocenters. The quantitative estimate of drug-likeness (QED) is 0.801. The molecule has 0 bridgehead atoms. The zero-order chi connectivity index (χ0) is 19.9. The van der Waals surface area contributed by atoms with Crippen LogP contribution in [0.1, 0.15) is 48.7 Å². The van der Waals surface area contributed by atoms with Crippen LogP contribution >= 0.6 is 0 Å². The number of rotatable bonds is 6. The fourth-order valence-corrected chi connectivity index (χ4v) is 3.39. The Hall–Kier alpha value is -2.82. The molecule has 1 heterocycles. The molecule has 28 heavy (non-hydrogen) atoms. The Kier molecular flexibility index (Phi) is 6.69. The topological polar surface area (TPSA) is 61.4 Å². The summed E-state index contributed by atoms with van der Waals surface area (Å²) in [5.74, 6) is 0.729. The van der Waals surface area contributed by atoms with Crippen molar-refractivity contribution in [2.75, 3.05) is 25.0 Å². The van der Waals surface area contributed by atoms with Gasteiger partial charge in [-0.1, -0.05) is 37.3 Å². The maximum Gasteiger partial charge on any atom is 0.251 e. The Balaban J connectivity index is 1.49. The maximum atomic E-state index is 12.4. The number of nitrogens with zero attached hydrogens (tertiary/aromatic N) is 1. The molecule has 1 atom stereocenters. The first-order valence-electron chi connectivity index (χ1n) is 10.0. The highest BCUT2D eigenvalue weighted by Gasteiger charge is 2.19. The number of carbonyl (C=O) groups excluding carboxylic acids is 2. The van der Waals surface area contributed by atoms with E-state index in [0.29, 0.717) is 11.5 Å². The van der Waals surface area contributed by atoms with Gasteiger partial charge in [0.05, 0.1) is 12.6 Å². The fourth-order valence-electron chi connectivity index (χ4n) is 3.39. The molecule has 3 rings (SSSR count). The second-order valence-corrected chi connectivity index (χ2v) is 7.60. The summed E-state index contributed by atoms with van der Waals surface area (Å²) in [6.07, 6.45) is 2.16. The summed E-state index contributed by atoms with van der Waals surface area (Å²) >= 11 is 0. The normalized spacial score (nSPS) is 15.7. The molecule has 0 radical (unpaired) electrons. The third-order valence-electron chi connectivity index (χ3n) is 5.37. The molecule has 2 aromatic carbocycles. The first-order chi connectivity index (χ1) is 13.5. The average molecular weight is 380 g/mol. The molecule has 5 nitrogen and oxygen atoms in total. The van der Waals surface area contributed by atoms with Gasteiger partial charge in [-0.15, -0.1) is 0 Å². The molecule has 0 saturated carbocycles. The summed E-state index contributed by atoms with van der Waals surface area (Å²) < 4.78 is 0. The number of nitrogens with one attached hydrogen (secondary N) is 2. The molecular weight excluding hydrogens is 350 g/mol. The number of benzene rings is 2. The lowest BCUT2D eigenvalue weighted by Crippen LogP contribution is -2.40. The number of hydrogen-bond acceptors (Lipinski definition) is 3. The summed E-state index contributed by atoms with van der Waals surface area (Å²) in [6.45, 7) is 6.18. The van der Waals surface area contributed by atoms with Gasteiger partial charge in [0.1, 0.15) is 0 Å². The summed E-state index contributed by atoms with van der Waals surface area (Å²) in [7, 11) is 0. The molecule has 0 spiro atoms. The predicted octanol–water partition coefficient (Wildman–Crippen LogP) is 3.85. The highest BCUT2D eigenvalue weighted by molar-refractivity contribution is 5.94. The van der Waals surface area contributed by atoms with Crippen molar-refractivity contribution in [3.8, 4) is 0 Å². The van der Waals surface area contributed by atoms with E-state index in [4.69, 9.17) is 0 Å². The second-order valence-electron chi connectivity index (χ2n) is 7.60. The van der Waals surface area contributed by atoms with Gasteiger partial charge in [0.15, 0.2) is 0 Å². The SMILES string of the molecule is CC1CCN(C(=O)CNc2ccc(C(=O)NC(C)c3ccccc3)cc2)CC1. The molecule has 5 heteroatoms. The molecule has 2 aromatic rings. The van der Waals surface area contributed by atoms with Crippen LogP contribution < -0.4 is 10.6 Å². The number of piperidine rings is 1. The smallest absolute Gasteiger partial charge is 0.251 e. The zero-order valence-electron chi connectivity index (χ0n) is 16.7. The van der Waals surface area contributed by atoms with Crippen LogP contribution in [0.2, 0.25) is 0 Å². The lowest BCUT2D eigenvalue weighted by molar-refractivity contribution is -0.130. The van der Waals surface area contributed by atoms with Crippen LogP contribution in [0.4, 0.5) is 5.69 Å². The Morgan fingerprint density at radius 1 is 1.04 bits per heavy atom. The van der Waals surface area contributed by atoms with Gasteiger partial charge in [-0.25, -0.2) is 0 Å². The van der Waals surface area contributed by atoms with Gasteiger partial charge in [0.2, 0.25) is 5.91 Å². The fraction of sp³-hybridized carbons (Fsp3) is 0.391. The van der Waals surface area contributed by atoms with Crippen LogP contribution in [0.25, 0.3) is 0 Å². The van der Waals surface area contributed by atoms with Crippen LogP contribution in [0, 0.1) is 5.92 Å². The molecule has 1 aliphatic rings. The molecule has 1 fully saturated rings. The lowest BCUT2D eigenvalue weighted by Gasteiger charge is -2.30. The number of anilines is 1. The second kappa shape index (κ2) is 9.40. The van der Waals surface area contributed by atoms with E-state index in [0.717, 1.165) is 37.2 Å². The predicted molar refractivity (Wildman–Crippen MR) is 112 cm³/mol. The number of likely N-dealkylation sites (tertiary alicyclic amines) is 1. The molecule has 148 valence electrons. The van der Waals surface area contributed by atoms with Gasteiger partial charge in [-0.05, 0) is 55.5 Å². The standard InChI is InChI=1S/C23H29N3O2/c1-17-12-14-26(15-13-17)22(27)16-24-21-10-8-20(9-11-21)23(28)25-18(2)19-6-4-3-5-7-19/h3-11,17-18,24H,12-16H2,1-2H3,(H,25,28). The van der Waals surface area contributed by atoms with E-state index >= 15 is 0 Å². The van der Waals surface area contributed by atoms with E-state index in [9.17, 15) is 9.59 Å². The first-order valence-corrected chi connectivity index (χ1v) is 10.0. The highest BCUT2D eigenvalue weighted by Crippen LogP contribution is 2.17. The number of amides is 2. The minimum Gasteiger partial charge on any atom is -0.376 e. The summed E-state index contributed by atoms with van der Waals surface area (Å²) in [4.78, 5) is 26.7. The third kappa shape index (κ3) is 5.35. The summed E-state index contributed by atoms with van der Waals surface area (Å²) in [5, 5.41) is 6.17. The third-order valence-corrected chi connectivity index (χ3v) is 5.37. The molecule has 0 aliphatic carbocycles. The van der Waals surface area contributed by atoms with E-state index in [2.05, 4.69) is 17.6 Å². The minimum atomic E-state index is -0.110. The zero-order valence-corrected chi connectivity index (χ0v) is 16.7. The van der Waals surface area contributed by atoms with E-state index < -0.39 is 0 Å². The first kappa shape index (κ1) is 19.9. The van der Waals surface area contributed by atoms with Crippen molar-refractivity contribution >= 4 is 17.5 Å². The van der Waals surface area contributed by atoms with Crippen LogP contribution in [0.5, 0.6) is 0 Å². The van der Waals surface area contributed by atoms with Crippen molar-refractivity contribution in [3.63, 3.8) is 0 Å². The van der Waals surface area contributed by atoms with E-state index in [1.54, 1.807) is 12.1 Å². The lowest BCUT2D eigenvalue weighted by atomic mass is 9.99. The average Bonchev–Trinajstić information content (AvgIpc) is 2.73. The van der Waals surface area contributed by atoms with Crippen LogP contribution in [0.15, 0.2) is 54.6 Å².